The van der Waals surface area contributed by atoms with E-state index in [1.807, 2.05) is 41.8 Å². The van der Waals surface area contributed by atoms with Crippen molar-refractivity contribution in [2.75, 3.05) is 18.5 Å². The van der Waals surface area contributed by atoms with Crippen LogP contribution in [0.25, 0.3) is 22.4 Å². The predicted octanol–water partition coefficient (Wildman–Crippen LogP) is 3.91. The summed E-state index contributed by atoms with van der Waals surface area (Å²) in [6, 6.07) is 12.9. The van der Waals surface area contributed by atoms with Crippen LogP contribution in [0.3, 0.4) is 0 Å². The summed E-state index contributed by atoms with van der Waals surface area (Å²) >= 11 is 1.36. The van der Waals surface area contributed by atoms with E-state index in [1.165, 1.54) is 11.3 Å². The largest absolute Gasteiger partial charge is 0.486 e. The fourth-order valence-corrected chi connectivity index (χ4v) is 4.21. The summed E-state index contributed by atoms with van der Waals surface area (Å²) in [7, 11) is 0. The monoisotopic (exact) mass is 437 g/mol. The summed E-state index contributed by atoms with van der Waals surface area (Å²) in [5, 5.41) is 5.24. The fourth-order valence-electron chi connectivity index (χ4n) is 3.47. The first-order valence-corrected chi connectivity index (χ1v) is 10.8. The number of nitrogens with zero attached hydrogens (tertiary/aromatic N) is 2. The van der Waals surface area contributed by atoms with Gasteiger partial charge in [0.15, 0.2) is 22.2 Å². The van der Waals surface area contributed by atoms with E-state index >= 15 is 0 Å². The number of thiazole rings is 1. The Morgan fingerprint density at radius 3 is 2.87 bits per heavy atom. The molecule has 0 saturated heterocycles. The van der Waals surface area contributed by atoms with Crippen LogP contribution in [0.2, 0.25) is 0 Å². The van der Waals surface area contributed by atoms with Crippen LogP contribution >= 0.6 is 11.3 Å². The molecule has 0 atom stereocenters. The van der Waals surface area contributed by atoms with E-state index in [1.54, 1.807) is 10.6 Å². The van der Waals surface area contributed by atoms with Crippen molar-refractivity contribution in [3.63, 3.8) is 0 Å². The number of aryl methyl sites for hydroxylation is 1. The third-order valence-electron chi connectivity index (χ3n) is 4.95. The van der Waals surface area contributed by atoms with Gasteiger partial charge in [0.25, 0.3) is 0 Å². The normalized spacial score (nSPS) is 12.8. The molecule has 8 nitrogen and oxygen atoms in total. The average molecular weight is 437 g/mol. The molecule has 1 N–H and O–H groups in total. The summed E-state index contributed by atoms with van der Waals surface area (Å²) < 4.78 is 17.9. The number of fused-ring (bicyclic) bond motifs is 2. The molecule has 0 unspecified atom stereocenters. The van der Waals surface area contributed by atoms with Crippen molar-refractivity contribution in [1.29, 1.82) is 0 Å². The fraction of sp³-hybridized carbons (Fsp3) is 0.227. The molecule has 0 saturated carbocycles. The maximum atomic E-state index is 12.3. The second-order valence-corrected chi connectivity index (χ2v) is 7.89. The first-order chi connectivity index (χ1) is 15.2. The van der Waals surface area contributed by atoms with Gasteiger partial charge in [0.2, 0.25) is 5.91 Å². The van der Waals surface area contributed by atoms with Crippen LogP contribution < -0.4 is 20.5 Å². The number of carbonyl (C=O) groups excluding carboxylic acids is 1. The number of aromatic nitrogens is 2. The number of ether oxygens (including phenoxy) is 2. The topological polar surface area (TPSA) is 95.6 Å². The van der Waals surface area contributed by atoms with Gasteiger partial charge in [-0.2, -0.15) is 0 Å². The predicted molar refractivity (Wildman–Crippen MR) is 117 cm³/mol. The van der Waals surface area contributed by atoms with E-state index in [2.05, 4.69) is 10.3 Å². The minimum absolute atomic E-state index is 0.149. The standard InChI is InChI=1S/C22H19N3O5S/c26-20(6-3-9-25-16-4-1-2-5-17(16)30-22(25)27)24-21-23-15(13-31-21)14-7-8-18-19(12-14)29-11-10-28-18/h1-2,4-5,7-8,12-13H,3,6,9-11H2,(H,23,24,26). The highest BCUT2D eigenvalue weighted by Crippen LogP contribution is 2.35. The lowest BCUT2D eigenvalue weighted by molar-refractivity contribution is -0.116. The van der Waals surface area contributed by atoms with Gasteiger partial charge in [-0.25, -0.2) is 9.78 Å². The highest BCUT2D eigenvalue weighted by atomic mass is 32.1. The Bertz CT molecular complexity index is 1310. The second kappa shape index (κ2) is 8.27. The number of oxazole rings is 1. The Kier molecular flexibility index (Phi) is 5.17. The van der Waals surface area contributed by atoms with Crippen molar-refractivity contribution < 1.29 is 18.7 Å². The van der Waals surface area contributed by atoms with Gasteiger partial charge in [0.1, 0.15) is 13.2 Å². The number of para-hydroxylation sites is 2. The Hall–Kier alpha value is -3.59. The molecule has 0 aliphatic carbocycles. The number of benzene rings is 2. The molecule has 158 valence electrons. The van der Waals surface area contributed by atoms with Crippen LogP contribution in [0.4, 0.5) is 5.13 Å². The number of hydrogen-bond acceptors (Lipinski definition) is 7. The highest BCUT2D eigenvalue weighted by molar-refractivity contribution is 7.14. The van der Waals surface area contributed by atoms with E-state index < -0.39 is 5.76 Å². The molecule has 0 spiro atoms. The summed E-state index contributed by atoms with van der Waals surface area (Å²) in [6.45, 7) is 1.48. The van der Waals surface area contributed by atoms with Crippen molar-refractivity contribution in [3.05, 3.63) is 58.4 Å². The van der Waals surface area contributed by atoms with Gasteiger partial charge in [-0.1, -0.05) is 12.1 Å². The van der Waals surface area contributed by atoms with Crippen LogP contribution in [0.1, 0.15) is 12.8 Å². The molecule has 1 aliphatic heterocycles. The molecular weight excluding hydrogens is 418 g/mol. The van der Waals surface area contributed by atoms with Gasteiger partial charge < -0.3 is 19.2 Å². The molecule has 4 aromatic rings. The molecule has 9 heteroatoms. The van der Waals surface area contributed by atoms with Crippen molar-refractivity contribution >= 4 is 33.5 Å². The highest BCUT2D eigenvalue weighted by Gasteiger charge is 2.15. The molecule has 2 aromatic heterocycles. The number of carbonyl (C=O) groups is 1. The number of nitrogens with one attached hydrogen (secondary N) is 1. The van der Waals surface area contributed by atoms with E-state index in [9.17, 15) is 9.59 Å². The molecule has 2 aromatic carbocycles. The van der Waals surface area contributed by atoms with Gasteiger partial charge in [0, 0.05) is 23.9 Å². The minimum atomic E-state index is -0.411. The van der Waals surface area contributed by atoms with Gasteiger partial charge in [0.05, 0.1) is 11.2 Å². The maximum absolute atomic E-state index is 12.3. The first-order valence-electron chi connectivity index (χ1n) is 9.91. The molecule has 31 heavy (non-hydrogen) atoms. The Morgan fingerprint density at radius 1 is 1.13 bits per heavy atom. The third kappa shape index (κ3) is 4.04. The molecule has 0 bridgehead atoms. The number of rotatable bonds is 6. The zero-order chi connectivity index (χ0) is 21.2. The lowest BCUT2D eigenvalue weighted by Gasteiger charge is -2.18. The van der Waals surface area contributed by atoms with Crippen LogP contribution in [-0.4, -0.2) is 28.7 Å². The van der Waals surface area contributed by atoms with E-state index in [-0.39, 0.29) is 12.3 Å². The summed E-state index contributed by atoms with van der Waals surface area (Å²) in [5.74, 6) is 0.863. The quantitative estimate of drug-likeness (QED) is 0.491. The lowest BCUT2D eigenvalue weighted by Crippen LogP contribution is -2.17. The second-order valence-electron chi connectivity index (χ2n) is 7.04. The van der Waals surface area contributed by atoms with Gasteiger partial charge in [-0.15, -0.1) is 11.3 Å². The number of amides is 1. The summed E-state index contributed by atoms with van der Waals surface area (Å²) in [6.07, 6.45) is 0.778. The smallest absolute Gasteiger partial charge is 0.419 e. The van der Waals surface area contributed by atoms with E-state index in [0.717, 1.165) is 22.5 Å². The van der Waals surface area contributed by atoms with Crippen molar-refractivity contribution in [3.8, 4) is 22.8 Å². The minimum Gasteiger partial charge on any atom is -0.486 e. The molecule has 3 heterocycles. The van der Waals surface area contributed by atoms with Crippen LogP contribution in [0.15, 0.2) is 57.1 Å². The van der Waals surface area contributed by atoms with E-state index in [4.69, 9.17) is 13.9 Å². The maximum Gasteiger partial charge on any atom is 0.419 e. The van der Waals surface area contributed by atoms with Crippen molar-refractivity contribution in [2.24, 2.45) is 0 Å². The zero-order valence-electron chi connectivity index (χ0n) is 16.5. The zero-order valence-corrected chi connectivity index (χ0v) is 17.3. The van der Waals surface area contributed by atoms with Crippen molar-refractivity contribution in [2.45, 2.75) is 19.4 Å². The molecule has 1 aliphatic rings. The van der Waals surface area contributed by atoms with E-state index in [0.29, 0.717) is 42.6 Å². The lowest BCUT2D eigenvalue weighted by atomic mass is 10.1. The van der Waals surface area contributed by atoms with Crippen molar-refractivity contribution in [1.82, 2.24) is 9.55 Å². The Labute approximate surface area is 181 Å². The molecule has 0 fully saturated rings. The molecule has 5 rings (SSSR count). The summed E-state index contributed by atoms with van der Waals surface area (Å²) in [4.78, 5) is 28.8. The summed E-state index contributed by atoms with van der Waals surface area (Å²) in [5.41, 5.74) is 2.93. The Morgan fingerprint density at radius 2 is 1.97 bits per heavy atom. The third-order valence-corrected chi connectivity index (χ3v) is 5.71. The van der Waals surface area contributed by atoms with Crippen LogP contribution in [-0.2, 0) is 11.3 Å². The van der Waals surface area contributed by atoms with Crippen LogP contribution in [0, 0.1) is 0 Å². The van der Waals surface area contributed by atoms with Gasteiger partial charge in [-0.05, 0) is 36.8 Å². The first kappa shape index (κ1) is 19.4. The van der Waals surface area contributed by atoms with Gasteiger partial charge in [-0.3, -0.25) is 9.36 Å². The average Bonchev–Trinajstić information content (AvgIpc) is 3.37. The Balaban J connectivity index is 1.19. The van der Waals surface area contributed by atoms with Crippen LogP contribution in [0.5, 0.6) is 11.5 Å². The molecule has 0 radical (unpaired) electrons. The molecule has 1 amide bonds. The molecular formula is C22H19N3O5S. The number of anilines is 1. The van der Waals surface area contributed by atoms with Gasteiger partial charge >= 0.3 is 5.76 Å². The number of hydrogen-bond donors (Lipinski definition) is 1. The SMILES string of the molecule is O=C(CCCn1c(=O)oc2ccccc21)Nc1nc(-c2ccc3c(c2)OCCO3)cs1.